The Balaban J connectivity index is 2.25. The van der Waals surface area contributed by atoms with Gasteiger partial charge in [-0.2, -0.15) is 5.10 Å². The van der Waals surface area contributed by atoms with Crippen molar-refractivity contribution in [3.63, 3.8) is 0 Å². The molecule has 0 amide bonds. The van der Waals surface area contributed by atoms with Gasteiger partial charge in [0.15, 0.2) is 5.78 Å². The molecule has 0 N–H and O–H groups in total. The molecule has 0 spiro atoms. The summed E-state index contributed by atoms with van der Waals surface area (Å²) in [5, 5.41) is 4.26. The lowest BCUT2D eigenvalue weighted by Gasteiger charge is -2.16. The van der Waals surface area contributed by atoms with Crippen LogP contribution in [0, 0.1) is 5.92 Å². The van der Waals surface area contributed by atoms with Crippen LogP contribution in [0.5, 0.6) is 0 Å². The number of carbonyl (C=O) groups excluding carboxylic acids is 1. The van der Waals surface area contributed by atoms with Crippen molar-refractivity contribution < 1.29 is 9.53 Å². The molecule has 1 aliphatic heterocycles. The van der Waals surface area contributed by atoms with Gasteiger partial charge in [0, 0.05) is 13.2 Å². The van der Waals surface area contributed by atoms with Gasteiger partial charge in [-0.3, -0.25) is 9.48 Å². The highest BCUT2D eigenvalue weighted by molar-refractivity contribution is 9.10. The number of rotatable bonds is 5. The Hall–Kier alpha value is -0.680. The van der Waals surface area contributed by atoms with E-state index in [-0.39, 0.29) is 17.8 Å². The predicted octanol–water partition coefficient (Wildman–Crippen LogP) is 3.05. The molecule has 2 rings (SSSR count). The lowest BCUT2D eigenvalue weighted by atomic mass is 9.93. The number of halogens is 1. The van der Waals surface area contributed by atoms with Crippen LogP contribution in [0.15, 0.2) is 10.7 Å². The van der Waals surface area contributed by atoms with E-state index >= 15 is 0 Å². The van der Waals surface area contributed by atoms with E-state index < -0.39 is 0 Å². The molecule has 2 unspecified atom stereocenters. The van der Waals surface area contributed by atoms with E-state index in [4.69, 9.17) is 4.74 Å². The van der Waals surface area contributed by atoms with Crippen molar-refractivity contribution in [2.75, 3.05) is 6.61 Å². The molecular formula is C13H19BrN2O2. The van der Waals surface area contributed by atoms with Crippen molar-refractivity contribution in [2.24, 2.45) is 5.92 Å². The van der Waals surface area contributed by atoms with Gasteiger partial charge < -0.3 is 4.74 Å². The van der Waals surface area contributed by atoms with Crippen LogP contribution in [0.2, 0.25) is 0 Å². The Labute approximate surface area is 116 Å². The second-order valence-corrected chi connectivity index (χ2v) is 5.50. The van der Waals surface area contributed by atoms with Crippen LogP contribution in [-0.4, -0.2) is 28.3 Å². The third-order valence-corrected chi connectivity index (χ3v) is 3.99. The largest absolute Gasteiger partial charge is 0.377 e. The topological polar surface area (TPSA) is 44.1 Å². The number of ketones is 1. The first-order valence-electron chi connectivity index (χ1n) is 6.56. The van der Waals surface area contributed by atoms with E-state index in [2.05, 4.69) is 34.9 Å². The van der Waals surface area contributed by atoms with E-state index in [1.807, 2.05) is 0 Å². The fourth-order valence-corrected chi connectivity index (χ4v) is 3.01. The highest BCUT2D eigenvalue weighted by atomic mass is 79.9. The number of nitrogens with zero attached hydrogens (tertiary/aromatic N) is 2. The molecule has 100 valence electrons. The van der Waals surface area contributed by atoms with E-state index in [0.717, 1.165) is 30.3 Å². The zero-order valence-electron chi connectivity index (χ0n) is 10.9. The molecule has 1 aromatic rings. The van der Waals surface area contributed by atoms with Crippen LogP contribution in [0.3, 0.4) is 0 Å². The standard InChI is InChI=1S/C13H19BrN2O2/c1-3-6-16-12(10(14)8-15-16)13(17)9-5-7-18-11(9)4-2/h8-9,11H,3-7H2,1-2H3. The zero-order valence-corrected chi connectivity index (χ0v) is 12.4. The summed E-state index contributed by atoms with van der Waals surface area (Å²) in [4.78, 5) is 12.6. The molecule has 4 nitrogen and oxygen atoms in total. The normalized spacial score (nSPS) is 23.5. The van der Waals surface area contributed by atoms with Crippen molar-refractivity contribution in [1.29, 1.82) is 0 Å². The summed E-state index contributed by atoms with van der Waals surface area (Å²) in [5.74, 6) is 0.149. The first kappa shape index (κ1) is 13.7. The fourth-order valence-electron chi connectivity index (χ4n) is 2.52. The molecule has 0 radical (unpaired) electrons. The number of hydrogen-bond donors (Lipinski definition) is 0. The highest BCUT2D eigenvalue weighted by Crippen LogP contribution is 2.29. The number of Topliss-reactive ketones (excluding diaryl/α,β-unsaturated/α-hetero) is 1. The second kappa shape index (κ2) is 5.97. The minimum atomic E-state index is -0.0152. The van der Waals surface area contributed by atoms with Gasteiger partial charge in [-0.15, -0.1) is 0 Å². The van der Waals surface area contributed by atoms with E-state index in [1.165, 1.54) is 0 Å². The summed E-state index contributed by atoms with van der Waals surface area (Å²) in [6.07, 6.45) is 4.44. The van der Waals surface area contributed by atoms with Crippen LogP contribution in [0.4, 0.5) is 0 Å². The smallest absolute Gasteiger partial charge is 0.187 e. The van der Waals surface area contributed by atoms with E-state index in [9.17, 15) is 4.79 Å². The number of ether oxygens (including phenoxy) is 1. The van der Waals surface area contributed by atoms with Gasteiger partial charge in [0.25, 0.3) is 0 Å². The van der Waals surface area contributed by atoms with Crippen LogP contribution < -0.4 is 0 Å². The minimum absolute atomic E-state index is 0.0152. The van der Waals surface area contributed by atoms with Crippen molar-refractivity contribution in [2.45, 2.75) is 45.8 Å². The maximum atomic E-state index is 12.6. The predicted molar refractivity (Wildman–Crippen MR) is 72.7 cm³/mol. The maximum Gasteiger partial charge on any atom is 0.187 e. The second-order valence-electron chi connectivity index (χ2n) is 4.64. The molecule has 1 aliphatic rings. The molecule has 0 aliphatic carbocycles. The van der Waals surface area contributed by atoms with Crippen molar-refractivity contribution >= 4 is 21.7 Å². The van der Waals surface area contributed by atoms with Gasteiger partial charge in [-0.25, -0.2) is 0 Å². The van der Waals surface area contributed by atoms with Crippen molar-refractivity contribution in [3.05, 3.63) is 16.4 Å². The van der Waals surface area contributed by atoms with Gasteiger partial charge in [-0.05, 0) is 35.2 Å². The van der Waals surface area contributed by atoms with E-state index in [1.54, 1.807) is 10.9 Å². The Bertz CT molecular complexity index is 431. The number of aromatic nitrogens is 2. The lowest BCUT2D eigenvalue weighted by molar-refractivity contribution is 0.0680. The summed E-state index contributed by atoms with van der Waals surface area (Å²) in [6.45, 7) is 5.61. The third-order valence-electron chi connectivity index (χ3n) is 3.41. The molecule has 0 aromatic carbocycles. The molecule has 2 atom stereocenters. The molecule has 0 saturated carbocycles. The summed E-state index contributed by atoms with van der Waals surface area (Å²) < 4.78 is 8.21. The summed E-state index contributed by atoms with van der Waals surface area (Å²) in [5.41, 5.74) is 0.700. The number of hydrogen-bond acceptors (Lipinski definition) is 3. The van der Waals surface area contributed by atoms with Crippen LogP contribution in [0.1, 0.15) is 43.6 Å². The van der Waals surface area contributed by atoms with Gasteiger partial charge >= 0.3 is 0 Å². The molecule has 5 heteroatoms. The first-order chi connectivity index (χ1) is 8.69. The van der Waals surface area contributed by atoms with Gasteiger partial charge in [0.05, 0.1) is 22.7 Å². The lowest BCUT2D eigenvalue weighted by Crippen LogP contribution is -2.26. The van der Waals surface area contributed by atoms with Crippen molar-refractivity contribution in [1.82, 2.24) is 9.78 Å². The summed E-state index contributed by atoms with van der Waals surface area (Å²) >= 11 is 3.43. The SMILES string of the molecule is CCCn1ncc(Br)c1C(=O)C1CCOC1CC. The van der Waals surface area contributed by atoms with Crippen molar-refractivity contribution in [3.8, 4) is 0 Å². The average molecular weight is 315 g/mol. The zero-order chi connectivity index (χ0) is 13.1. The van der Waals surface area contributed by atoms with E-state index in [0.29, 0.717) is 12.3 Å². The Morgan fingerprint density at radius 3 is 3.06 bits per heavy atom. The highest BCUT2D eigenvalue weighted by Gasteiger charge is 2.35. The Kier molecular flexibility index (Phi) is 4.56. The maximum absolute atomic E-state index is 12.6. The molecule has 2 heterocycles. The number of carbonyl (C=O) groups is 1. The molecule has 1 aromatic heterocycles. The van der Waals surface area contributed by atoms with Gasteiger partial charge in [0.1, 0.15) is 5.69 Å². The molecule has 18 heavy (non-hydrogen) atoms. The monoisotopic (exact) mass is 314 g/mol. The Morgan fingerprint density at radius 1 is 1.61 bits per heavy atom. The molecule has 1 saturated heterocycles. The van der Waals surface area contributed by atoms with Crippen LogP contribution >= 0.6 is 15.9 Å². The summed E-state index contributed by atoms with van der Waals surface area (Å²) in [6, 6.07) is 0. The summed E-state index contributed by atoms with van der Waals surface area (Å²) in [7, 11) is 0. The average Bonchev–Trinajstić information content (AvgIpc) is 2.96. The molecular weight excluding hydrogens is 296 g/mol. The van der Waals surface area contributed by atoms with Gasteiger partial charge in [0.2, 0.25) is 0 Å². The fraction of sp³-hybridized carbons (Fsp3) is 0.692. The number of aryl methyl sites for hydroxylation is 1. The van der Waals surface area contributed by atoms with Crippen LogP contribution in [-0.2, 0) is 11.3 Å². The van der Waals surface area contributed by atoms with Crippen LogP contribution in [0.25, 0.3) is 0 Å². The molecule has 0 bridgehead atoms. The minimum Gasteiger partial charge on any atom is -0.377 e. The first-order valence-corrected chi connectivity index (χ1v) is 7.35. The van der Waals surface area contributed by atoms with Gasteiger partial charge in [-0.1, -0.05) is 13.8 Å². The quantitative estimate of drug-likeness (QED) is 0.785. The molecule has 1 fully saturated rings. The third kappa shape index (κ3) is 2.52. The Morgan fingerprint density at radius 2 is 2.39 bits per heavy atom.